The van der Waals surface area contributed by atoms with Crippen molar-refractivity contribution in [3.05, 3.63) is 29.1 Å². The maximum atomic E-state index is 13.6. The maximum Gasteiger partial charge on any atom is 0.126 e. The zero-order chi connectivity index (χ0) is 13.0. The van der Waals surface area contributed by atoms with Gasteiger partial charge in [-0.05, 0) is 43.5 Å². The molecule has 0 radical (unpaired) electrons. The van der Waals surface area contributed by atoms with Gasteiger partial charge < -0.3 is 10.6 Å². The van der Waals surface area contributed by atoms with E-state index in [0.717, 1.165) is 30.6 Å². The zero-order valence-electron chi connectivity index (χ0n) is 11.3. The summed E-state index contributed by atoms with van der Waals surface area (Å²) in [7, 11) is 2.04. The van der Waals surface area contributed by atoms with E-state index in [0.29, 0.717) is 5.56 Å². The van der Waals surface area contributed by atoms with Crippen LogP contribution in [0.4, 0.5) is 10.1 Å². The largest absolute Gasteiger partial charge is 0.374 e. The summed E-state index contributed by atoms with van der Waals surface area (Å²) in [5, 5.41) is 0. The number of aryl methyl sites for hydroxylation is 1. The Labute approximate surface area is 104 Å². The number of anilines is 1. The Kier molecular flexibility index (Phi) is 4.94. The minimum absolute atomic E-state index is 0.149. The minimum Gasteiger partial charge on any atom is -0.374 e. The average Bonchev–Trinajstić information content (AvgIpc) is 2.28. The van der Waals surface area contributed by atoms with Gasteiger partial charge in [0.25, 0.3) is 0 Å². The molecular formula is C14H23FN2. The lowest BCUT2D eigenvalue weighted by atomic mass is 10.0. The molecule has 1 atom stereocenters. The number of halogens is 1. The molecule has 0 bridgehead atoms. The predicted octanol–water partition coefficient (Wildman–Crippen LogP) is 3.39. The van der Waals surface area contributed by atoms with Crippen LogP contribution in [0.25, 0.3) is 0 Å². The van der Waals surface area contributed by atoms with E-state index in [9.17, 15) is 4.39 Å². The first kappa shape index (κ1) is 14.0. The van der Waals surface area contributed by atoms with Gasteiger partial charge in [-0.15, -0.1) is 0 Å². The molecule has 96 valence electrons. The summed E-state index contributed by atoms with van der Waals surface area (Å²) in [6.07, 6.45) is 2.28. The van der Waals surface area contributed by atoms with Crippen LogP contribution in [-0.2, 0) is 0 Å². The normalized spacial score (nSPS) is 12.6. The van der Waals surface area contributed by atoms with Crippen LogP contribution < -0.4 is 10.6 Å². The molecule has 1 aromatic carbocycles. The Morgan fingerprint density at radius 2 is 2.06 bits per heavy atom. The second-order valence-electron chi connectivity index (χ2n) is 4.72. The Balaban J connectivity index is 3.07. The second-order valence-corrected chi connectivity index (χ2v) is 4.72. The Bertz CT molecular complexity index is 375. The van der Waals surface area contributed by atoms with Gasteiger partial charge in [-0.1, -0.05) is 13.3 Å². The van der Waals surface area contributed by atoms with E-state index >= 15 is 0 Å². The fourth-order valence-electron chi connectivity index (χ4n) is 1.89. The quantitative estimate of drug-likeness (QED) is 0.852. The third kappa shape index (κ3) is 3.43. The molecule has 17 heavy (non-hydrogen) atoms. The highest BCUT2D eigenvalue weighted by Gasteiger charge is 2.13. The number of nitrogens with two attached hydrogens (primary N) is 1. The average molecular weight is 238 g/mol. The van der Waals surface area contributed by atoms with Crippen LogP contribution in [0.1, 0.15) is 43.9 Å². The second kappa shape index (κ2) is 6.01. The van der Waals surface area contributed by atoms with E-state index in [1.165, 1.54) is 0 Å². The third-order valence-electron chi connectivity index (χ3n) is 3.06. The molecule has 0 saturated carbocycles. The van der Waals surface area contributed by atoms with Crippen LogP contribution in [-0.4, -0.2) is 13.6 Å². The lowest BCUT2D eigenvalue weighted by Gasteiger charge is -2.24. The predicted molar refractivity (Wildman–Crippen MR) is 71.9 cm³/mol. The topological polar surface area (TPSA) is 29.3 Å². The number of hydrogen-bond donors (Lipinski definition) is 1. The SMILES string of the molecule is CCCCN(C)c1cc(C)c(F)cc1[C@@H](C)N. The molecule has 0 amide bonds. The Morgan fingerprint density at radius 1 is 1.41 bits per heavy atom. The van der Waals surface area contributed by atoms with Crippen molar-refractivity contribution >= 4 is 5.69 Å². The molecule has 0 aromatic heterocycles. The highest BCUT2D eigenvalue weighted by molar-refractivity contribution is 5.56. The van der Waals surface area contributed by atoms with Crippen molar-refractivity contribution in [2.24, 2.45) is 5.73 Å². The lowest BCUT2D eigenvalue weighted by molar-refractivity contribution is 0.612. The third-order valence-corrected chi connectivity index (χ3v) is 3.06. The summed E-state index contributed by atoms with van der Waals surface area (Å²) in [5.74, 6) is -0.176. The van der Waals surface area contributed by atoms with Crippen molar-refractivity contribution in [1.29, 1.82) is 0 Å². The first-order chi connectivity index (χ1) is 7.97. The molecule has 1 aromatic rings. The van der Waals surface area contributed by atoms with Gasteiger partial charge in [0.05, 0.1) is 0 Å². The van der Waals surface area contributed by atoms with E-state index in [2.05, 4.69) is 11.8 Å². The number of rotatable bonds is 5. The molecule has 0 unspecified atom stereocenters. The van der Waals surface area contributed by atoms with Crippen molar-refractivity contribution < 1.29 is 4.39 Å². The Hall–Kier alpha value is -1.09. The van der Waals surface area contributed by atoms with Gasteiger partial charge in [-0.2, -0.15) is 0 Å². The van der Waals surface area contributed by atoms with Crippen molar-refractivity contribution in [2.75, 3.05) is 18.5 Å². The van der Waals surface area contributed by atoms with Gasteiger partial charge in [-0.25, -0.2) is 4.39 Å². The molecule has 0 heterocycles. The molecular weight excluding hydrogens is 215 g/mol. The van der Waals surface area contributed by atoms with Crippen molar-refractivity contribution in [3.63, 3.8) is 0 Å². The summed E-state index contributed by atoms with van der Waals surface area (Å²) in [5.41, 5.74) is 8.51. The van der Waals surface area contributed by atoms with Gasteiger partial charge in [0, 0.05) is 25.3 Å². The molecule has 0 aliphatic carbocycles. The van der Waals surface area contributed by atoms with Crippen LogP contribution in [0, 0.1) is 12.7 Å². The molecule has 1 rings (SSSR count). The number of benzene rings is 1. The molecule has 0 fully saturated rings. The molecule has 2 nitrogen and oxygen atoms in total. The lowest BCUT2D eigenvalue weighted by Crippen LogP contribution is -2.22. The summed E-state index contributed by atoms with van der Waals surface area (Å²) < 4.78 is 13.6. The van der Waals surface area contributed by atoms with E-state index in [1.807, 2.05) is 20.0 Å². The molecule has 0 spiro atoms. The van der Waals surface area contributed by atoms with E-state index in [4.69, 9.17) is 5.73 Å². The van der Waals surface area contributed by atoms with Crippen LogP contribution in [0.5, 0.6) is 0 Å². The number of hydrogen-bond acceptors (Lipinski definition) is 2. The highest BCUT2D eigenvalue weighted by atomic mass is 19.1. The highest BCUT2D eigenvalue weighted by Crippen LogP contribution is 2.27. The fourth-order valence-corrected chi connectivity index (χ4v) is 1.89. The van der Waals surface area contributed by atoms with Gasteiger partial charge in [0.1, 0.15) is 5.82 Å². The standard InChI is InChI=1S/C14H23FN2/c1-5-6-7-17(4)14-8-10(2)13(15)9-12(14)11(3)16/h8-9,11H,5-7,16H2,1-4H3/t11-/m1/s1. The maximum absolute atomic E-state index is 13.6. The van der Waals surface area contributed by atoms with Gasteiger partial charge >= 0.3 is 0 Å². The van der Waals surface area contributed by atoms with E-state index in [-0.39, 0.29) is 11.9 Å². The van der Waals surface area contributed by atoms with Gasteiger partial charge in [-0.3, -0.25) is 0 Å². The van der Waals surface area contributed by atoms with Crippen LogP contribution in [0.3, 0.4) is 0 Å². The monoisotopic (exact) mass is 238 g/mol. The summed E-state index contributed by atoms with van der Waals surface area (Å²) in [6, 6.07) is 3.31. The molecule has 0 saturated heterocycles. The molecule has 2 N–H and O–H groups in total. The van der Waals surface area contributed by atoms with E-state index < -0.39 is 0 Å². The number of unbranched alkanes of at least 4 members (excludes halogenated alkanes) is 1. The Morgan fingerprint density at radius 3 is 2.59 bits per heavy atom. The zero-order valence-corrected chi connectivity index (χ0v) is 11.3. The van der Waals surface area contributed by atoms with Crippen LogP contribution in [0.15, 0.2) is 12.1 Å². The van der Waals surface area contributed by atoms with Gasteiger partial charge in [0.15, 0.2) is 0 Å². The molecule has 3 heteroatoms. The summed E-state index contributed by atoms with van der Waals surface area (Å²) in [6.45, 7) is 6.82. The van der Waals surface area contributed by atoms with Gasteiger partial charge in [0.2, 0.25) is 0 Å². The van der Waals surface area contributed by atoms with Crippen molar-refractivity contribution in [3.8, 4) is 0 Å². The van der Waals surface area contributed by atoms with Crippen LogP contribution in [0.2, 0.25) is 0 Å². The summed E-state index contributed by atoms with van der Waals surface area (Å²) in [4.78, 5) is 2.16. The van der Waals surface area contributed by atoms with Crippen LogP contribution >= 0.6 is 0 Å². The smallest absolute Gasteiger partial charge is 0.126 e. The minimum atomic E-state index is -0.176. The first-order valence-corrected chi connectivity index (χ1v) is 6.24. The first-order valence-electron chi connectivity index (χ1n) is 6.24. The fraction of sp³-hybridized carbons (Fsp3) is 0.571. The van der Waals surface area contributed by atoms with Crippen molar-refractivity contribution in [1.82, 2.24) is 0 Å². The number of nitrogens with zero attached hydrogens (tertiary/aromatic N) is 1. The molecule has 0 aliphatic rings. The molecule has 0 aliphatic heterocycles. The summed E-state index contributed by atoms with van der Waals surface area (Å²) >= 11 is 0. The van der Waals surface area contributed by atoms with Crippen molar-refractivity contribution in [2.45, 2.75) is 39.7 Å². The van der Waals surface area contributed by atoms with E-state index in [1.54, 1.807) is 13.0 Å².